The van der Waals surface area contributed by atoms with Gasteiger partial charge < -0.3 is 4.74 Å². The summed E-state index contributed by atoms with van der Waals surface area (Å²) in [5, 5.41) is 10.8. The molecule has 0 bridgehead atoms. The van der Waals surface area contributed by atoms with Crippen LogP contribution in [0.4, 0.5) is 5.69 Å². The number of hydrogen-bond donors (Lipinski definition) is 0. The van der Waals surface area contributed by atoms with Crippen LogP contribution in [-0.4, -0.2) is 16.4 Å². The number of nitrogens with zero attached hydrogens (tertiary/aromatic N) is 1. The third-order valence-corrected chi connectivity index (χ3v) is 5.43. The summed E-state index contributed by atoms with van der Waals surface area (Å²) in [6.07, 6.45) is 0.772. The molecule has 0 aromatic heterocycles. The molecule has 1 aliphatic carbocycles. The van der Waals surface area contributed by atoms with E-state index in [1.54, 1.807) is 0 Å². The number of benzene rings is 1. The second-order valence-electron chi connectivity index (χ2n) is 5.13. The van der Waals surface area contributed by atoms with Gasteiger partial charge >= 0.3 is 0 Å². The van der Waals surface area contributed by atoms with Crippen molar-refractivity contribution in [3.8, 4) is 5.75 Å². The molecule has 0 amide bonds. The van der Waals surface area contributed by atoms with Crippen molar-refractivity contribution in [2.24, 2.45) is 5.41 Å². The minimum absolute atomic E-state index is 0.00376. The van der Waals surface area contributed by atoms with Gasteiger partial charge in [-0.3, -0.25) is 10.1 Å². The molecule has 4 nitrogen and oxygen atoms in total. The molecule has 1 aliphatic rings. The Labute approximate surface area is 132 Å². The Balaban J connectivity index is 2.25. The van der Waals surface area contributed by atoms with E-state index < -0.39 is 4.92 Å². The van der Waals surface area contributed by atoms with Crippen molar-refractivity contribution in [3.05, 3.63) is 31.2 Å². The fourth-order valence-electron chi connectivity index (χ4n) is 1.94. The Hall–Kier alpha value is -0.330. The van der Waals surface area contributed by atoms with Crippen molar-refractivity contribution in [1.82, 2.24) is 0 Å². The summed E-state index contributed by atoms with van der Waals surface area (Å²) in [6, 6.07) is 2.87. The van der Waals surface area contributed by atoms with E-state index in [0.717, 1.165) is 6.42 Å². The lowest BCUT2D eigenvalue weighted by molar-refractivity contribution is -0.385. The average Bonchev–Trinajstić information content (AvgIpc) is 2.31. The Bertz CT molecular complexity index is 513. The standard InChI is InChI=1S/C12H12Br2ClNO3/c1-12(2)9(15)5-10(12)19-11-7(13)3-6(16(17)18)4-8(11)14/h3-4,9-10H,5H2,1-2H3. The summed E-state index contributed by atoms with van der Waals surface area (Å²) < 4.78 is 7.05. The van der Waals surface area contributed by atoms with Gasteiger partial charge in [-0.25, -0.2) is 0 Å². The quantitative estimate of drug-likeness (QED) is 0.402. The Kier molecular flexibility index (Phi) is 4.14. The SMILES string of the molecule is CC1(C)C(Cl)CC1Oc1c(Br)cc([N+](=O)[O-])cc1Br. The van der Waals surface area contributed by atoms with Crippen molar-refractivity contribution in [2.75, 3.05) is 0 Å². The van der Waals surface area contributed by atoms with Gasteiger partial charge in [0.2, 0.25) is 0 Å². The molecule has 2 atom stereocenters. The highest BCUT2D eigenvalue weighted by Gasteiger charge is 2.49. The second-order valence-corrected chi connectivity index (χ2v) is 7.36. The second kappa shape index (κ2) is 5.22. The number of alkyl halides is 1. The zero-order chi connectivity index (χ0) is 14.4. The third kappa shape index (κ3) is 2.76. The van der Waals surface area contributed by atoms with Crippen molar-refractivity contribution < 1.29 is 9.66 Å². The lowest BCUT2D eigenvalue weighted by atomic mass is 9.68. The van der Waals surface area contributed by atoms with Gasteiger partial charge in [0.25, 0.3) is 5.69 Å². The molecule has 2 unspecified atom stereocenters. The summed E-state index contributed by atoms with van der Waals surface area (Å²) in [5.41, 5.74) is -0.100. The van der Waals surface area contributed by atoms with E-state index in [4.69, 9.17) is 16.3 Å². The Morgan fingerprint density at radius 1 is 1.42 bits per heavy atom. The number of nitro groups is 1. The highest BCUT2D eigenvalue weighted by molar-refractivity contribution is 9.11. The van der Waals surface area contributed by atoms with E-state index in [9.17, 15) is 10.1 Å². The lowest BCUT2D eigenvalue weighted by Gasteiger charge is -2.48. The van der Waals surface area contributed by atoms with E-state index in [0.29, 0.717) is 14.7 Å². The molecule has 1 fully saturated rings. The minimum atomic E-state index is -0.443. The van der Waals surface area contributed by atoms with Gasteiger partial charge in [-0.15, -0.1) is 11.6 Å². The van der Waals surface area contributed by atoms with Crippen LogP contribution in [-0.2, 0) is 0 Å². The first-order chi connectivity index (χ1) is 8.73. The maximum Gasteiger partial charge on any atom is 0.271 e. The largest absolute Gasteiger partial charge is 0.487 e. The molecular formula is C12H12Br2ClNO3. The average molecular weight is 413 g/mol. The molecule has 1 aromatic carbocycles. The van der Waals surface area contributed by atoms with E-state index in [1.807, 2.05) is 13.8 Å². The van der Waals surface area contributed by atoms with Crippen molar-refractivity contribution in [3.63, 3.8) is 0 Å². The van der Waals surface area contributed by atoms with Crippen molar-refractivity contribution in [1.29, 1.82) is 0 Å². The summed E-state index contributed by atoms with van der Waals surface area (Å²) in [4.78, 5) is 10.3. The monoisotopic (exact) mass is 411 g/mol. The number of halogens is 3. The minimum Gasteiger partial charge on any atom is -0.487 e. The summed E-state index contributed by atoms with van der Waals surface area (Å²) in [5.74, 6) is 0.576. The molecule has 7 heteroatoms. The molecule has 1 saturated carbocycles. The summed E-state index contributed by atoms with van der Waals surface area (Å²) in [7, 11) is 0. The van der Waals surface area contributed by atoms with Crippen molar-refractivity contribution in [2.45, 2.75) is 31.7 Å². The number of nitro benzene ring substituents is 1. The van der Waals surface area contributed by atoms with Crippen LogP contribution in [0.15, 0.2) is 21.1 Å². The van der Waals surface area contributed by atoms with Crippen LogP contribution >= 0.6 is 43.5 Å². The van der Waals surface area contributed by atoms with Gasteiger partial charge in [0.1, 0.15) is 11.9 Å². The van der Waals surface area contributed by atoms with Crippen LogP contribution in [0.3, 0.4) is 0 Å². The molecule has 2 rings (SSSR count). The van der Waals surface area contributed by atoms with E-state index in [-0.39, 0.29) is 22.6 Å². The number of rotatable bonds is 3. The normalized spacial score (nSPS) is 24.7. The highest BCUT2D eigenvalue weighted by Crippen LogP contribution is 2.48. The highest BCUT2D eigenvalue weighted by atomic mass is 79.9. The topological polar surface area (TPSA) is 52.4 Å². The van der Waals surface area contributed by atoms with Crippen LogP contribution in [0.1, 0.15) is 20.3 Å². The van der Waals surface area contributed by atoms with Crippen LogP contribution < -0.4 is 4.74 Å². The molecular weight excluding hydrogens is 401 g/mol. The third-order valence-electron chi connectivity index (χ3n) is 3.51. The van der Waals surface area contributed by atoms with Gasteiger partial charge in [-0.1, -0.05) is 13.8 Å². The van der Waals surface area contributed by atoms with E-state index >= 15 is 0 Å². The van der Waals surface area contributed by atoms with Crippen LogP contribution in [0, 0.1) is 15.5 Å². The molecule has 19 heavy (non-hydrogen) atoms. The number of ether oxygens (including phenoxy) is 1. The van der Waals surface area contributed by atoms with Crippen LogP contribution in [0.2, 0.25) is 0 Å². The summed E-state index contributed by atoms with van der Waals surface area (Å²) >= 11 is 12.8. The molecule has 0 spiro atoms. The predicted molar refractivity (Wildman–Crippen MR) is 81.0 cm³/mol. The molecule has 0 N–H and O–H groups in total. The zero-order valence-electron chi connectivity index (χ0n) is 10.3. The first-order valence-electron chi connectivity index (χ1n) is 5.67. The van der Waals surface area contributed by atoms with Gasteiger partial charge in [0.05, 0.1) is 13.9 Å². The van der Waals surface area contributed by atoms with Crippen molar-refractivity contribution >= 4 is 49.1 Å². The number of non-ortho nitro benzene ring substituents is 1. The Morgan fingerprint density at radius 2 is 1.95 bits per heavy atom. The maximum atomic E-state index is 10.8. The summed E-state index contributed by atoms with van der Waals surface area (Å²) in [6.45, 7) is 4.10. The van der Waals surface area contributed by atoms with Gasteiger partial charge in [-0.05, 0) is 31.9 Å². The predicted octanol–water partition coefficient (Wildman–Crippen LogP) is 4.90. The zero-order valence-corrected chi connectivity index (χ0v) is 14.3. The Morgan fingerprint density at radius 3 is 2.32 bits per heavy atom. The van der Waals surface area contributed by atoms with Crippen LogP contribution in [0.5, 0.6) is 5.75 Å². The van der Waals surface area contributed by atoms with Crippen LogP contribution in [0.25, 0.3) is 0 Å². The molecule has 1 aromatic rings. The smallest absolute Gasteiger partial charge is 0.271 e. The number of hydrogen-bond acceptors (Lipinski definition) is 3. The fourth-order valence-corrected chi connectivity index (χ4v) is 3.59. The first-order valence-corrected chi connectivity index (χ1v) is 7.70. The van der Waals surface area contributed by atoms with Gasteiger partial charge in [-0.2, -0.15) is 0 Å². The maximum absolute atomic E-state index is 10.8. The fraction of sp³-hybridized carbons (Fsp3) is 0.500. The molecule has 0 radical (unpaired) electrons. The van der Waals surface area contributed by atoms with E-state index in [2.05, 4.69) is 31.9 Å². The first kappa shape index (κ1) is 15.1. The lowest BCUT2D eigenvalue weighted by Crippen LogP contribution is -2.53. The molecule has 0 aliphatic heterocycles. The van der Waals surface area contributed by atoms with Gasteiger partial charge in [0.15, 0.2) is 0 Å². The molecule has 104 valence electrons. The van der Waals surface area contributed by atoms with E-state index in [1.165, 1.54) is 12.1 Å². The molecule has 0 heterocycles. The molecule has 0 saturated heterocycles. The van der Waals surface area contributed by atoms with Gasteiger partial charge in [0, 0.05) is 29.3 Å².